The van der Waals surface area contributed by atoms with Gasteiger partial charge in [-0.2, -0.15) is 0 Å². The zero-order chi connectivity index (χ0) is 8.97. The van der Waals surface area contributed by atoms with Crippen LogP contribution in [0.1, 0.15) is 28.4 Å². The smallest absolute Gasteiger partial charge is 0.150 e. The topological polar surface area (TPSA) is 37.3 Å². The molecule has 0 fully saturated rings. The van der Waals surface area contributed by atoms with E-state index in [1.54, 1.807) is 6.07 Å². The Kier molecular flexibility index (Phi) is 3.00. The first-order valence-electron chi connectivity index (χ1n) is 4.00. The molecule has 12 heavy (non-hydrogen) atoms. The first-order valence-corrected chi connectivity index (χ1v) is 4.00. The predicted molar refractivity (Wildman–Crippen MR) is 47.1 cm³/mol. The van der Waals surface area contributed by atoms with Gasteiger partial charge in [0.2, 0.25) is 0 Å². The Morgan fingerprint density at radius 1 is 1.50 bits per heavy atom. The van der Waals surface area contributed by atoms with Crippen LogP contribution in [-0.4, -0.2) is 11.4 Å². The second-order valence-electron chi connectivity index (χ2n) is 2.61. The molecule has 1 N–H and O–H groups in total. The molecule has 64 valence electrons. The maximum Gasteiger partial charge on any atom is 0.150 e. The van der Waals surface area contributed by atoms with Crippen LogP contribution < -0.4 is 0 Å². The molecule has 1 aromatic rings. The fourth-order valence-electron chi connectivity index (χ4n) is 1.29. The molecule has 0 spiro atoms. The van der Waals surface area contributed by atoms with Gasteiger partial charge in [-0.05, 0) is 17.5 Å². The molecule has 0 aliphatic carbocycles. The molecular formula is C10H12O2. The van der Waals surface area contributed by atoms with Crippen LogP contribution in [-0.2, 0) is 13.0 Å². The fourth-order valence-corrected chi connectivity index (χ4v) is 1.29. The molecule has 0 amide bonds. The van der Waals surface area contributed by atoms with Crippen molar-refractivity contribution >= 4 is 6.29 Å². The summed E-state index contributed by atoms with van der Waals surface area (Å²) < 4.78 is 0. The number of hydrogen-bond acceptors (Lipinski definition) is 2. The third kappa shape index (κ3) is 1.53. The van der Waals surface area contributed by atoms with Crippen molar-refractivity contribution in [3.63, 3.8) is 0 Å². The number of carbonyl (C=O) groups is 1. The molecule has 2 nitrogen and oxygen atoms in total. The maximum absolute atomic E-state index is 10.5. The van der Waals surface area contributed by atoms with Crippen LogP contribution in [0.2, 0.25) is 0 Å². The summed E-state index contributed by atoms with van der Waals surface area (Å²) in [6.45, 7) is 1.95. The second kappa shape index (κ2) is 4.02. The Labute approximate surface area is 71.8 Å². The highest BCUT2D eigenvalue weighted by Gasteiger charge is 2.03. The standard InChI is InChI=1S/C10H12O2/c1-2-8-4-3-5-9(6-11)10(8)7-12/h3-6,12H,2,7H2,1H3. The molecule has 1 rings (SSSR count). The molecule has 0 radical (unpaired) electrons. The number of aldehydes is 1. The summed E-state index contributed by atoms with van der Waals surface area (Å²) in [6.07, 6.45) is 1.63. The second-order valence-corrected chi connectivity index (χ2v) is 2.61. The molecule has 0 unspecified atom stereocenters. The van der Waals surface area contributed by atoms with E-state index in [9.17, 15) is 4.79 Å². The van der Waals surface area contributed by atoms with Crippen molar-refractivity contribution in [3.05, 3.63) is 34.9 Å². The van der Waals surface area contributed by atoms with E-state index in [4.69, 9.17) is 5.11 Å². The van der Waals surface area contributed by atoms with Crippen molar-refractivity contribution in [1.82, 2.24) is 0 Å². The van der Waals surface area contributed by atoms with Gasteiger partial charge in [-0.1, -0.05) is 25.1 Å². The van der Waals surface area contributed by atoms with Gasteiger partial charge in [0.15, 0.2) is 0 Å². The largest absolute Gasteiger partial charge is 0.392 e. The van der Waals surface area contributed by atoms with Gasteiger partial charge < -0.3 is 5.11 Å². The summed E-state index contributed by atoms with van der Waals surface area (Å²) in [5.74, 6) is 0. The van der Waals surface area contributed by atoms with E-state index in [-0.39, 0.29) is 6.61 Å². The van der Waals surface area contributed by atoms with Crippen molar-refractivity contribution < 1.29 is 9.90 Å². The van der Waals surface area contributed by atoms with Gasteiger partial charge in [-0.25, -0.2) is 0 Å². The minimum absolute atomic E-state index is 0.0575. The summed E-state index contributed by atoms with van der Waals surface area (Å²) >= 11 is 0. The summed E-state index contributed by atoms with van der Waals surface area (Å²) in [5, 5.41) is 9.00. The lowest BCUT2D eigenvalue weighted by Crippen LogP contribution is -1.97. The molecule has 0 aliphatic heterocycles. The Morgan fingerprint density at radius 3 is 2.75 bits per heavy atom. The van der Waals surface area contributed by atoms with Crippen LogP contribution in [0.4, 0.5) is 0 Å². The van der Waals surface area contributed by atoms with E-state index in [2.05, 4.69) is 0 Å². The molecule has 0 saturated heterocycles. The molecule has 1 aromatic carbocycles. The predicted octanol–water partition coefficient (Wildman–Crippen LogP) is 1.55. The van der Waals surface area contributed by atoms with Gasteiger partial charge in [0.25, 0.3) is 0 Å². The normalized spacial score (nSPS) is 9.83. The number of rotatable bonds is 3. The van der Waals surface area contributed by atoms with Crippen LogP contribution in [0.5, 0.6) is 0 Å². The summed E-state index contributed by atoms with van der Waals surface area (Å²) in [4.78, 5) is 10.5. The fraction of sp³-hybridized carbons (Fsp3) is 0.300. The highest BCUT2D eigenvalue weighted by Crippen LogP contribution is 2.13. The van der Waals surface area contributed by atoms with Crippen LogP contribution in [0.25, 0.3) is 0 Å². The number of aliphatic hydroxyl groups excluding tert-OH is 1. The molecule has 0 saturated carbocycles. The Morgan fingerprint density at radius 2 is 2.25 bits per heavy atom. The first kappa shape index (κ1) is 8.94. The third-order valence-corrected chi connectivity index (χ3v) is 1.98. The van der Waals surface area contributed by atoms with Gasteiger partial charge >= 0.3 is 0 Å². The van der Waals surface area contributed by atoms with E-state index in [0.29, 0.717) is 5.56 Å². The molecule has 2 heteroatoms. The highest BCUT2D eigenvalue weighted by atomic mass is 16.3. The van der Waals surface area contributed by atoms with Crippen molar-refractivity contribution in [3.8, 4) is 0 Å². The van der Waals surface area contributed by atoms with E-state index in [1.165, 1.54) is 0 Å². The van der Waals surface area contributed by atoms with E-state index in [0.717, 1.165) is 23.8 Å². The van der Waals surface area contributed by atoms with E-state index < -0.39 is 0 Å². The lowest BCUT2D eigenvalue weighted by Gasteiger charge is -2.06. The van der Waals surface area contributed by atoms with Crippen molar-refractivity contribution in [2.24, 2.45) is 0 Å². The third-order valence-electron chi connectivity index (χ3n) is 1.98. The van der Waals surface area contributed by atoms with Gasteiger partial charge in [0, 0.05) is 5.56 Å². The molecule has 0 heterocycles. The molecular weight excluding hydrogens is 152 g/mol. The van der Waals surface area contributed by atoms with Crippen LogP contribution >= 0.6 is 0 Å². The number of hydrogen-bond donors (Lipinski definition) is 1. The highest BCUT2D eigenvalue weighted by molar-refractivity contribution is 5.77. The number of benzene rings is 1. The van der Waals surface area contributed by atoms with Crippen LogP contribution in [0.3, 0.4) is 0 Å². The number of aliphatic hydroxyl groups is 1. The summed E-state index contributed by atoms with van der Waals surface area (Å²) in [7, 11) is 0. The van der Waals surface area contributed by atoms with Gasteiger partial charge in [-0.3, -0.25) is 4.79 Å². The lowest BCUT2D eigenvalue weighted by atomic mass is 10.0. The zero-order valence-corrected chi connectivity index (χ0v) is 7.08. The number of aryl methyl sites for hydroxylation is 1. The monoisotopic (exact) mass is 164 g/mol. The average molecular weight is 164 g/mol. The van der Waals surface area contributed by atoms with Gasteiger partial charge in [-0.15, -0.1) is 0 Å². The van der Waals surface area contributed by atoms with Crippen molar-refractivity contribution in [1.29, 1.82) is 0 Å². The average Bonchev–Trinajstić information content (AvgIpc) is 2.16. The van der Waals surface area contributed by atoms with E-state index in [1.807, 2.05) is 19.1 Å². The Balaban J connectivity index is 3.21. The van der Waals surface area contributed by atoms with E-state index >= 15 is 0 Å². The minimum Gasteiger partial charge on any atom is -0.392 e. The Bertz CT molecular complexity index is 279. The zero-order valence-electron chi connectivity index (χ0n) is 7.08. The van der Waals surface area contributed by atoms with Crippen LogP contribution in [0, 0.1) is 0 Å². The van der Waals surface area contributed by atoms with Crippen molar-refractivity contribution in [2.45, 2.75) is 20.0 Å². The van der Waals surface area contributed by atoms with Gasteiger partial charge in [0.1, 0.15) is 6.29 Å². The number of carbonyl (C=O) groups excluding carboxylic acids is 1. The van der Waals surface area contributed by atoms with Crippen molar-refractivity contribution in [2.75, 3.05) is 0 Å². The summed E-state index contributed by atoms with van der Waals surface area (Å²) in [6, 6.07) is 5.48. The quantitative estimate of drug-likeness (QED) is 0.688. The van der Waals surface area contributed by atoms with Gasteiger partial charge in [0.05, 0.1) is 6.61 Å². The molecule has 0 aromatic heterocycles. The molecule has 0 atom stereocenters. The maximum atomic E-state index is 10.5. The summed E-state index contributed by atoms with van der Waals surface area (Å²) in [5.41, 5.74) is 2.40. The molecule has 0 bridgehead atoms. The lowest BCUT2D eigenvalue weighted by molar-refractivity contribution is 0.112. The minimum atomic E-state index is -0.0575. The van der Waals surface area contributed by atoms with Crippen LogP contribution in [0.15, 0.2) is 18.2 Å². The molecule has 0 aliphatic rings. The Hall–Kier alpha value is -1.15. The SMILES string of the molecule is CCc1cccc(C=O)c1CO. The first-order chi connectivity index (χ1) is 5.83.